The van der Waals surface area contributed by atoms with Gasteiger partial charge >= 0.3 is 5.97 Å². The fourth-order valence-corrected chi connectivity index (χ4v) is 6.41. The summed E-state index contributed by atoms with van der Waals surface area (Å²) in [4.78, 5) is 27.5. The predicted octanol–water partition coefficient (Wildman–Crippen LogP) is 2.69. The number of nitrogens with one attached hydrogen (secondary N) is 1. The molecule has 246 valence electrons. The van der Waals surface area contributed by atoms with E-state index in [1.165, 1.54) is 7.11 Å². The van der Waals surface area contributed by atoms with E-state index in [1.54, 1.807) is 31.4 Å². The minimum atomic E-state index is -1.68. The normalized spacial score (nSPS) is 34.8. The zero-order valence-corrected chi connectivity index (χ0v) is 27.6. The SMILES string of the molecule is C=C1C[C@](OC)([C@H](OC(=O)c2ccc(Br)cc2)C(=O)N[C@H]2OCO[C@H]3[C@@H]2O[C@H](C[C@@H](O)CO)C(C)(C)[C@@H]3OC)O[C@H](C)[C@@H]1C. The molecule has 3 aliphatic heterocycles. The van der Waals surface area contributed by atoms with E-state index in [1.807, 2.05) is 27.7 Å². The zero-order chi connectivity index (χ0) is 32.4. The van der Waals surface area contributed by atoms with Crippen LogP contribution in [0.15, 0.2) is 40.9 Å². The second-order valence-corrected chi connectivity index (χ2v) is 13.2. The third kappa shape index (κ3) is 7.06. The van der Waals surface area contributed by atoms with Gasteiger partial charge in [0.15, 0.2) is 6.23 Å². The molecule has 0 radical (unpaired) electrons. The average Bonchev–Trinajstić information content (AvgIpc) is 2.99. The van der Waals surface area contributed by atoms with Gasteiger partial charge < -0.3 is 48.7 Å². The van der Waals surface area contributed by atoms with Gasteiger partial charge in [0.1, 0.15) is 19.0 Å². The summed E-state index contributed by atoms with van der Waals surface area (Å²) in [6, 6.07) is 6.52. The zero-order valence-electron chi connectivity index (χ0n) is 26.0. The van der Waals surface area contributed by atoms with Crippen molar-refractivity contribution in [3.63, 3.8) is 0 Å². The molecular formula is C31H44BrNO11. The van der Waals surface area contributed by atoms with Gasteiger partial charge in [-0.3, -0.25) is 4.79 Å². The van der Waals surface area contributed by atoms with Gasteiger partial charge in [0.25, 0.3) is 5.91 Å². The standard InChI is InChI=1S/C31H44BrNO11/c1-16-13-31(39-7,44-18(3)17(16)2)26(43-29(37)19-8-10-20(32)11-9-19)27(36)33-28-24-23(40-15-41-28)25(38-6)30(4,5)22(42-24)12-21(35)14-34/h8-11,17-18,21-26,28,34-35H,1,12-15H2,2-7H3,(H,33,36)/t17-,18-,21-,22-,23+,24+,25-,26-,28+,31-/m1/s1. The maximum absolute atomic E-state index is 14.2. The first-order valence-corrected chi connectivity index (χ1v) is 15.4. The van der Waals surface area contributed by atoms with Crippen LogP contribution in [0, 0.1) is 11.3 Å². The first kappa shape index (κ1) is 34.9. The van der Waals surface area contributed by atoms with Crippen LogP contribution in [0.2, 0.25) is 0 Å². The highest BCUT2D eigenvalue weighted by atomic mass is 79.9. The fourth-order valence-electron chi connectivity index (χ4n) is 6.15. The van der Waals surface area contributed by atoms with Crippen molar-refractivity contribution in [2.75, 3.05) is 27.6 Å². The molecule has 1 aromatic carbocycles. The molecule has 3 N–H and O–H groups in total. The minimum absolute atomic E-state index is 0.0279. The van der Waals surface area contributed by atoms with Gasteiger partial charge in [0.05, 0.1) is 36.6 Å². The second-order valence-electron chi connectivity index (χ2n) is 12.2. The van der Waals surface area contributed by atoms with Gasteiger partial charge in [-0.25, -0.2) is 4.79 Å². The van der Waals surface area contributed by atoms with Gasteiger partial charge in [0.2, 0.25) is 11.9 Å². The maximum atomic E-state index is 14.2. The molecule has 0 saturated carbocycles. The van der Waals surface area contributed by atoms with Gasteiger partial charge in [-0.2, -0.15) is 0 Å². The highest BCUT2D eigenvalue weighted by molar-refractivity contribution is 9.10. The Morgan fingerprint density at radius 3 is 2.43 bits per heavy atom. The number of halogens is 1. The Morgan fingerprint density at radius 2 is 1.84 bits per heavy atom. The van der Waals surface area contributed by atoms with E-state index >= 15 is 0 Å². The molecule has 3 fully saturated rings. The summed E-state index contributed by atoms with van der Waals surface area (Å²) >= 11 is 3.35. The van der Waals surface area contributed by atoms with Crippen LogP contribution in [0.4, 0.5) is 0 Å². The van der Waals surface area contributed by atoms with E-state index in [4.69, 9.17) is 33.2 Å². The molecule has 1 aromatic rings. The van der Waals surface area contributed by atoms with Crippen LogP contribution < -0.4 is 5.32 Å². The topological polar surface area (TPSA) is 151 Å². The third-order valence-corrected chi connectivity index (χ3v) is 9.57. The highest BCUT2D eigenvalue weighted by Gasteiger charge is 2.58. The van der Waals surface area contributed by atoms with Crippen molar-refractivity contribution in [3.8, 4) is 0 Å². The molecule has 10 atom stereocenters. The molecule has 3 aliphatic rings. The molecule has 4 rings (SSSR count). The number of carbonyl (C=O) groups excluding carboxylic acids is 2. The number of aliphatic hydroxyl groups excluding tert-OH is 2. The summed E-state index contributed by atoms with van der Waals surface area (Å²) in [6.07, 6.45) is -6.48. The van der Waals surface area contributed by atoms with Crippen LogP contribution in [-0.2, 0) is 38.0 Å². The lowest BCUT2D eigenvalue weighted by atomic mass is 9.72. The van der Waals surface area contributed by atoms with Crippen LogP contribution in [0.25, 0.3) is 0 Å². The van der Waals surface area contributed by atoms with Crippen LogP contribution in [0.3, 0.4) is 0 Å². The molecule has 3 saturated heterocycles. The smallest absolute Gasteiger partial charge is 0.339 e. The van der Waals surface area contributed by atoms with E-state index in [0.29, 0.717) is 0 Å². The number of esters is 1. The van der Waals surface area contributed by atoms with E-state index in [9.17, 15) is 19.8 Å². The lowest BCUT2D eigenvalue weighted by molar-refractivity contribution is -0.333. The molecule has 44 heavy (non-hydrogen) atoms. The third-order valence-electron chi connectivity index (χ3n) is 9.04. The van der Waals surface area contributed by atoms with Crippen molar-refractivity contribution in [1.82, 2.24) is 5.32 Å². The Morgan fingerprint density at radius 1 is 1.16 bits per heavy atom. The van der Waals surface area contributed by atoms with Gasteiger partial charge in [-0.1, -0.05) is 48.9 Å². The van der Waals surface area contributed by atoms with Crippen LogP contribution in [0.1, 0.15) is 50.9 Å². The van der Waals surface area contributed by atoms with Crippen molar-refractivity contribution < 1.29 is 53.0 Å². The Hall–Kier alpha value is -1.94. The molecule has 12 nitrogen and oxygen atoms in total. The van der Waals surface area contributed by atoms with Crippen molar-refractivity contribution in [3.05, 3.63) is 46.5 Å². The monoisotopic (exact) mass is 685 g/mol. The van der Waals surface area contributed by atoms with Gasteiger partial charge in [0, 0.05) is 42.9 Å². The summed E-state index contributed by atoms with van der Waals surface area (Å²) in [5.41, 5.74) is 0.363. The predicted molar refractivity (Wildman–Crippen MR) is 160 cm³/mol. The number of hydrogen-bond donors (Lipinski definition) is 3. The maximum Gasteiger partial charge on any atom is 0.339 e. The molecular weight excluding hydrogens is 642 g/mol. The molecule has 0 spiro atoms. The van der Waals surface area contributed by atoms with E-state index in [0.717, 1.165) is 10.0 Å². The Balaban J connectivity index is 1.65. The summed E-state index contributed by atoms with van der Waals surface area (Å²) in [5, 5.41) is 22.6. The van der Waals surface area contributed by atoms with Crippen LogP contribution >= 0.6 is 15.9 Å². The fraction of sp³-hybridized carbons (Fsp3) is 0.677. The molecule has 0 aliphatic carbocycles. The Bertz CT molecular complexity index is 1180. The van der Waals surface area contributed by atoms with Crippen LogP contribution in [0.5, 0.6) is 0 Å². The highest BCUT2D eigenvalue weighted by Crippen LogP contribution is 2.44. The van der Waals surface area contributed by atoms with E-state index < -0.39 is 78.6 Å². The summed E-state index contributed by atoms with van der Waals surface area (Å²) < 4.78 is 42.8. The number of fused-ring (bicyclic) bond motifs is 1. The Labute approximate surface area is 266 Å². The largest absolute Gasteiger partial charge is 0.443 e. The molecule has 0 aromatic heterocycles. The number of amides is 1. The molecule has 0 bridgehead atoms. The number of ether oxygens (including phenoxy) is 7. The first-order chi connectivity index (χ1) is 20.8. The van der Waals surface area contributed by atoms with Gasteiger partial charge in [-0.15, -0.1) is 0 Å². The Kier molecular flexibility index (Phi) is 11.3. The second kappa shape index (κ2) is 14.2. The van der Waals surface area contributed by atoms with Crippen molar-refractivity contribution >= 4 is 27.8 Å². The van der Waals surface area contributed by atoms with E-state index in [2.05, 4.69) is 27.8 Å². The van der Waals surface area contributed by atoms with Crippen molar-refractivity contribution in [1.29, 1.82) is 0 Å². The lowest BCUT2D eigenvalue weighted by Crippen LogP contribution is -2.69. The number of hydrogen-bond acceptors (Lipinski definition) is 11. The van der Waals surface area contributed by atoms with Crippen molar-refractivity contribution in [2.45, 2.75) is 95.3 Å². The average molecular weight is 687 g/mol. The summed E-state index contributed by atoms with van der Waals surface area (Å²) in [6.45, 7) is 11.2. The number of benzene rings is 1. The summed E-state index contributed by atoms with van der Waals surface area (Å²) in [5.74, 6) is -3.21. The quantitative estimate of drug-likeness (QED) is 0.246. The molecule has 3 heterocycles. The van der Waals surface area contributed by atoms with Crippen LogP contribution in [-0.4, -0.2) is 104 Å². The summed E-state index contributed by atoms with van der Waals surface area (Å²) in [7, 11) is 2.94. The molecule has 0 unspecified atom stereocenters. The molecule has 1 amide bonds. The molecule has 13 heteroatoms. The number of rotatable bonds is 10. The number of aliphatic hydroxyl groups is 2. The lowest BCUT2D eigenvalue weighted by Gasteiger charge is -2.54. The van der Waals surface area contributed by atoms with Crippen molar-refractivity contribution in [2.24, 2.45) is 11.3 Å². The number of methoxy groups -OCH3 is 2. The van der Waals surface area contributed by atoms with E-state index in [-0.39, 0.29) is 31.1 Å². The van der Waals surface area contributed by atoms with Gasteiger partial charge in [-0.05, 0) is 31.2 Å². The first-order valence-electron chi connectivity index (χ1n) is 14.7. The minimum Gasteiger partial charge on any atom is -0.443 e. The number of carbonyl (C=O) groups is 2.